The highest BCUT2D eigenvalue weighted by atomic mass is 16.5. The molecule has 2 amide bonds. The number of hydrogen-bond acceptors (Lipinski definition) is 3. The van der Waals surface area contributed by atoms with Crippen LogP contribution >= 0.6 is 0 Å². The Hall–Kier alpha value is -2.04. The maximum atomic E-state index is 12.3. The summed E-state index contributed by atoms with van der Waals surface area (Å²) in [7, 11) is 1.75. The van der Waals surface area contributed by atoms with Gasteiger partial charge in [-0.3, -0.25) is 9.59 Å². The normalized spacial score (nSPS) is 21.4. The zero-order valence-electron chi connectivity index (χ0n) is 13.2. The Balaban J connectivity index is 1.76. The van der Waals surface area contributed by atoms with Crippen LogP contribution in [-0.2, 0) is 16.0 Å². The largest absolute Gasteiger partial charge is 0.479 e. The number of rotatable bonds is 2. The molecule has 5 heteroatoms. The lowest BCUT2D eigenvalue weighted by molar-refractivity contribution is -0.131. The fourth-order valence-electron chi connectivity index (χ4n) is 3.10. The summed E-state index contributed by atoms with van der Waals surface area (Å²) < 4.78 is 5.60. The predicted molar refractivity (Wildman–Crippen MR) is 84.1 cm³/mol. The molecule has 0 radical (unpaired) electrons. The van der Waals surface area contributed by atoms with Crippen molar-refractivity contribution >= 4 is 17.5 Å². The van der Waals surface area contributed by atoms with Gasteiger partial charge in [0.25, 0.3) is 5.91 Å². The van der Waals surface area contributed by atoms with Gasteiger partial charge in [0.1, 0.15) is 5.75 Å². The molecule has 0 aliphatic carbocycles. The lowest BCUT2D eigenvalue weighted by atomic mass is 10.1. The number of piperidine rings is 1. The van der Waals surface area contributed by atoms with Crippen LogP contribution in [0.3, 0.4) is 0 Å². The monoisotopic (exact) mass is 302 g/mol. The lowest BCUT2D eigenvalue weighted by Crippen LogP contribution is -2.42. The van der Waals surface area contributed by atoms with E-state index in [0.717, 1.165) is 37.2 Å². The van der Waals surface area contributed by atoms with Crippen LogP contribution in [0.15, 0.2) is 18.2 Å². The quantitative estimate of drug-likeness (QED) is 0.839. The number of hydrogen-bond donors (Lipinski definition) is 0. The van der Waals surface area contributed by atoms with E-state index in [2.05, 4.69) is 0 Å². The third kappa shape index (κ3) is 2.80. The second kappa shape index (κ2) is 5.99. The van der Waals surface area contributed by atoms with E-state index in [1.165, 1.54) is 6.42 Å². The second-order valence-corrected chi connectivity index (χ2v) is 6.08. The Morgan fingerprint density at radius 3 is 2.73 bits per heavy atom. The number of carbonyl (C=O) groups excluding carboxylic acids is 2. The van der Waals surface area contributed by atoms with Gasteiger partial charge in [0.05, 0.1) is 12.1 Å². The number of anilines is 1. The van der Waals surface area contributed by atoms with Crippen molar-refractivity contribution in [3.63, 3.8) is 0 Å². The average Bonchev–Trinajstić information content (AvgIpc) is 2.54. The van der Waals surface area contributed by atoms with E-state index in [4.69, 9.17) is 4.74 Å². The molecule has 22 heavy (non-hydrogen) atoms. The first-order valence-corrected chi connectivity index (χ1v) is 7.91. The van der Waals surface area contributed by atoms with Gasteiger partial charge >= 0.3 is 0 Å². The molecular formula is C17H22N2O3. The average molecular weight is 302 g/mol. The van der Waals surface area contributed by atoms with Crippen LogP contribution in [-0.4, -0.2) is 43.0 Å². The summed E-state index contributed by atoms with van der Waals surface area (Å²) in [6, 6.07) is 5.66. The smallest absolute Gasteiger partial charge is 0.267 e. The molecule has 118 valence electrons. The van der Waals surface area contributed by atoms with Crippen LogP contribution in [0.1, 0.15) is 31.7 Å². The van der Waals surface area contributed by atoms with Crippen LogP contribution in [0.4, 0.5) is 5.69 Å². The topological polar surface area (TPSA) is 49.9 Å². The maximum absolute atomic E-state index is 12.3. The third-order valence-electron chi connectivity index (χ3n) is 4.43. The Bertz CT molecular complexity index is 594. The minimum atomic E-state index is -0.460. The van der Waals surface area contributed by atoms with Crippen molar-refractivity contribution in [2.45, 2.75) is 38.7 Å². The molecule has 0 bridgehead atoms. The molecule has 5 nitrogen and oxygen atoms in total. The summed E-state index contributed by atoms with van der Waals surface area (Å²) in [5.74, 6) is 0.800. The van der Waals surface area contributed by atoms with Crippen molar-refractivity contribution in [1.29, 1.82) is 0 Å². The first kappa shape index (κ1) is 14.9. The SMILES string of the molecule is CC1Oc2ccc(CC(=O)N3CCCCC3)cc2N(C)C1=O. The number of benzene rings is 1. The highest BCUT2D eigenvalue weighted by molar-refractivity contribution is 5.99. The van der Waals surface area contributed by atoms with Crippen molar-refractivity contribution < 1.29 is 14.3 Å². The predicted octanol–water partition coefficient (Wildman–Crippen LogP) is 1.99. The van der Waals surface area contributed by atoms with Gasteiger partial charge in [-0.2, -0.15) is 0 Å². The highest BCUT2D eigenvalue weighted by Crippen LogP contribution is 2.34. The first-order chi connectivity index (χ1) is 10.6. The van der Waals surface area contributed by atoms with E-state index < -0.39 is 6.10 Å². The van der Waals surface area contributed by atoms with Gasteiger partial charge in [0.2, 0.25) is 5.91 Å². The van der Waals surface area contributed by atoms with Gasteiger partial charge in [-0.15, -0.1) is 0 Å². The van der Waals surface area contributed by atoms with E-state index in [9.17, 15) is 9.59 Å². The van der Waals surface area contributed by atoms with Gasteiger partial charge in [-0.25, -0.2) is 0 Å². The van der Waals surface area contributed by atoms with Crippen LogP contribution < -0.4 is 9.64 Å². The summed E-state index contributed by atoms with van der Waals surface area (Å²) in [6.07, 6.45) is 3.33. The van der Waals surface area contributed by atoms with E-state index >= 15 is 0 Å². The lowest BCUT2D eigenvalue weighted by Gasteiger charge is -2.31. The molecule has 2 heterocycles. The Labute approximate surface area is 130 Å². The Kier molecular flexibility index (Phi) is 4.05. The number of likely N-dealkylation sites (N-methyl/N-ethyl adjacent to an activating group) is 1. The molecule has 1 aromatic rings. The van der Waals surface area contributed by atoms with Crippen LogP contribution in [0.5, 0.6) is 5.75 Å². The van der Waals surface area contributed by atoms with Crippen molar-refractivity contribution in [1.82, 2.24) is 4.90 Å². The third-order valence-corrected chi connectivity index (χ3v) is 4.43. The molecule has 2 aliphatic rings. The number of nitrogens with zero attached hydrogens (tertiary/aromatic N) is 2. The maximum Gasteiger partial charge on any atom is 0.267 e. The first-order valence-electron chi connectivity index (χ1n) is 7.91. The zero-order valence-corrected chi connectivity index (χ0v) is 13.2. The zero-order chi connectivity index (χ0) is 15.7. The Morgan fingerprint density at radius 1 is 1.27 bits per heavy atom. The molecule has 0 saturated carbocycles. The number of ether oxygens (including phenoxy) is 1. The molecule has 2 aliphatic heterocycles. The number of amides is 2. The van der Waals surface area contributed by atoms with Crippen LogP contribution in [0, 0.1) is 0 Å². The Morgan fingerprint density at radius 2 is 2.00 bits per heavy atom. The van der Waals surface area contributed by atoms with Gasteiger partial charge < -0.3 is 14.5 Å². The van der Waals surface area contributed by atoms with Crippen LogP contribution in [0.2, 0.25) is 0 Å². The summed E-state index contributed by atoms with van der Waals surface area (Å²) in [5.41, 5.74) is 1.67. The van der Waals surface area contributed by atoms with Crippen molar-refractivity contribution in [2.75, 3.05) is 25.0 Å². The molecule has 3 rings (SSSR count). The molecule has 1 unspecified atom stereocenters. The van der Waals surface area contributed by atoms with E-state index in [1.807, 2.05) is 23.1 Å². The number of carbonyl (C=O) groups is 2. The summed E-state index contributed by atoms with van der Waals surface area (Å²) in [4.78, 5) is 27.9. The van der Waals surface area contributed by atoms with Gasteiger partial charge in [-0.05, 0) is 43.9 Å². The van der Waals surface area contributed by atoms with Crippen LogP contribution in [0.25, 0.3) is 0 Å². The van der Waals surface area contributed by atoms with E-state index in [0.29, 0.717) is 12.2 Å². The summed E-state index contributed by atoms with van der Waals surface area (Å²) >= 11 is 0. The van der Waals surface area contributed by atoms with Crippen molar-refractivity contribution in [3.05, 3.63) is 23.8 Å². The molecular weight excluding hydrogens is 280 g/mol. The second-order valence-electron chi connectivity index (χ2n) is 6.08. The number of likely N-dealkylation sites (tertiary alicyclic amines) is 1. The molecule has 1 atom stereocenters. The minimum Gasteiger partial charge on any atom is -0.479 e. The summed E-state index contributed by atoms with van der Waals surface area (Å²) in [5, 5.41) is 0. The fourth-order valence-corrected chi connectivity index (χ4v) is 3.10. The van der Waals surface area contributed by atoms with Gasteiger partial charge in [-0.1, -0.05) is 6.07 Å². The molecule has 1 fully saturated rings. The fraction of sp³-hybridized carbons (Fsp3) is 0.529. The highest BCUT2D eigenvalue weighted by Gasteiger charge is 2.29. The van der Waals surface area contributed by atoms with E-state index in [1.54, 1.807) is 18.9 Å². The molecule has 1 aromatic carbocycles. The van der Waals surface area contributed by atoms with Crippen molar-refractivity contribution in [2.24, 2.45) is 0 Å². The number of fused-ring (bicyclic) bond motifs is 1. The standard InChI is InChI=1S/C17H22N2O3/c1-12-17(21)18(2)14-10-13(6-7-15(14)22-12)11-16(20)19-8-4-3-5-9-19/h6-7,10,12H,3-5,8-9,11H2,1-2H3. The summed E-state index contributed by atoms with van der Waals surface area (Å²) in [6.45, 7) is 3.47. The minimum absolute atomic E-state index is 0.0630. The van der Waals surface area contributed by atoms with Gasteiger partial charge in [0.15, 0.2) is 6.10 Å². The molecule has 0 spiro atoms. The van der Waals surface area contributed by atoms with E-state index in [-0.39, 0.29) is 11.8 Å². The van der Waals surface area contributed by atoms with Crippen molar-refractivity contribution in [3.8, 4) is 5.75 Å². The van der Waals surface area contributed by atoms with Gasteiger partial charge in [0, 0.05) is 20.1 Å². The molecule has 0 aromatic heterocycles. The molecule has 0 N–H and O–H groups in total. The molecule has 1 saturated heterocycles.